The van der Waals surface area contributed by atoms with Gasteiger partial charge in [-0.05, 0) is 42.8 Å². The van der Waals surface area contributed by atoms with Gasteiger partial charge in [0.15, 0.2) is 9.84 Å². The van der Waals surface area contributed by atoms with Crippen LogP contribution in [0.3, 0.4) is 0 Å². The lowest BCUT2D eigenvalue weighted by molar-refractivity contribution is 0.249. The maximum Gasteiger partial charge on any atom is 0.319 e. The topological polar surface area (TPSA) is 75.3 Å². The van der Waals surface area contributed by atoms with E-state index in [2.05, 4.69) is 10.6 Å². The van der Waals surface area contributed by atoms with Gasteiger partial charge in [-0.25, -0.2) is 17.6 Å². The van der Waals surface area contributed by atoms with Crippen LogP contribution in [0, 0.1) is 5.82 Å². The summed E-state index contributed by atoms with van der Waals surface area (Å²) in [6.45, 7) is 1.74. The third-order valence-electron chi connectivity index (χ3n) is 3.33. The zero-order valence-electron chi connectivity index (χ0n) is 13.0. The Bertz CT molecular complexity index is 854. The van der Waals surface area contributed by atoms with E-state index in [1.807, 2.05) is 0 Å². The Kier molecular flexibility index (Phi) is 5.46. The van der Waals surface area contributed by atoms with Crippen LogP contribution in [0.2, 0.25) is 5.02 Å². The van der Waals surface area contributed by atoms with E-state index in [-0.39, 0.29) is 27.5 Å². The Balaban J connectivity index is 2.11. The molecule has 0 aliphatic rings. The molecular weight excluding hydrogens is 355 g/mol. The molecule has 2 amide bonds. The van der Waals surface area contributed by atoms with Gasteiger partial charge in [0.2, 0.25) is 0 Å². The minimum absolute atomic E-state index is 0.0498. The van der Waals surface area contributed by atoms with Crippen molar-refractivity contribution in [3.05, 3.63) is 58.9 Å². The van der Waals surface area contributed by atoms with E-state index in [9.17, 15) is 17.6 Å². The van der Waals surface area contributed by atoms with Gasteiger partial charge in [-0.2, -0.15) is 0 Å². The molecule has 0 fully saturated rings. The fraction of sp³-hybridized carbons (Fsp3) is 0.188. The number of carbonyl (C=O) groups excluding carboxylic acids is 1. The molecule has 0 aromatic heterocycles. The number of hydrogen-bond acceptors (Lipinski definition) is 3. The Morgan fingerprint density at radius 2 is 1.79 bits per heavy atom. The molecule has 0 aliphatic heterocycles. The number of sulfone groups is 1. The lowest BCUT2D eigenvalue weighted by atomic mass is 10.1. The molecule has 0 bridgehead atoms. The highest BCUT2D eigenvalue weighted by Gasteiger charge is 2.14. The average Bonchev–Trinajstić information content (AvgIpc) is 2.48. The molecule has 0 unspecified atom stereocenters. The van der Waals surface area contributed by atoms with Gasteiger partial charge in [0.25, 0.3) is 0 Å². The summed E-state index contributed by atoms with van der Waals surface area (Å²) >= 11 is 5.98. The second kappa shape index (κ2) is 7.19. The Morgan fingerprint density at radius 3 is 2.38 bits per heavy atom. The van der Waals surface area contributed by atoms with Crippen molar-refractivity contribution < 1.29 is 17.6 Å². The highest BCUT2D eigenvalue weighted by molar-refractivity contribution is 7.90. The number of urea groups is 1. The van der Waals surface area contributed by atoms with E-state index >= 15 is 0 Å². The van der Waals surface area contributed by atoms with Crippen molar-refractivity contribution in [3.8, 4) is 0 Å². The fourth-order valence-electron chi connectivity index (χ4n) is 2.02. The molecular formula is C16H16ClFN2O3S. The predicted octanol–water partition coefficient (Wildman–Crippen LogP) is 3.77. The molecule has 0 heterocycles. The minimum Gasteiger partial charge on any atom is -0.331 e. The quantitative estimate of drug-likeness (QED) is 0.860. The van der Waals surface area contributed by atoms with Crippen molar-refractivity contribution in [1.82, 2.24) is 5.32 Å². The number of anilines is 1. The number of nitrogens with one attached hydrogen (secondary N) is 2. The van der Waals surface area contributed by atoms with E-state index in [0.717, 1.165) is 11.8 Å². The smallest absolute Gasteiger partial charge is 0.319 e. The Hall–Kier alpha value is -2.12. The van der Waals surface area contributed by atoms with Crippen LogP contribution in [0.1, 0.15) is 18.5 Å². The molecule has 0 radical (unpaired) electrons. The first-order chi connectivity index (χ1) is 11.2. The van der Waals surface area contributed by atoms with Crippen LogP contribution in [0.4, 0.5) is 14.9 Å². The van der Waals surface area contributed by atoms with Gasteiger partial charge >= 0.3 is 6.03 Å². The lowest BCUT2D eigenvalue weighted by Crippen LogP contribution is -2.31. The lowest BCUT2D eigenvalue weighted by Gasteiger charge is -2.16. The van der Waals surface area contributed by atoms with Crippen molar-refractivity contribution in [3.63, 3.8) is 0 Å². The molecule has 2 N–H and O–H groups in total. The highest BCUT2D eigenvalue weighted by Crippen LogP contribution is 2.25. The van der Waals surface area contributed by atoms with Gasteiger partial charge in [0, 0.05) is 6.26 Å². The Labute approximate surface area is 144 Å². The number of hydrogen-bond donors (Lipinski definition) is 2. The molecule has 0 saturated heterocycles. The standard InChI is InChI=1S/C16H16ClFN2O3S/c1-10(11-3-5-12(18)6-4-11)19-16(21)20-15-9-13(24(2,22)23)7-8-14(15)17/h3-10H,1-2H3,(H2,19,20,21)/t10-/m1/s1. The molecule has 128 valence electrons. The molecule has 5 nitrogen and oxygen atoms in total. The van der Waals surface area contributed by atoms with Gasteiger partial charge in [0.05, 0.1) is 21.6 Å². The maximum absolute atomic E-state index is 12.9. The summed E-state index contributed by atoms with van der Waals surface area (Å²) in [4.78, 5) is 12.1. The molecule has 1 atom stereocenters. The third-order valence-corrected chi connectivity index (χ3v) is 4.77. The minimum atomic E-state index is -3.41. The van der Waals surface area contributed by atoms with Crippen molar-refractivity contribution in [2.75, 3.05) is 11.6 Å². The molecule has 8 heteroatoms. The number of amides is 2. The number of rotatable bonds is 4. The van der Waals surface area contributed by atoms with Crippen LogP contribution < -0.4 is 10.6 Å². The molecule has 24 heavy (non-hydrogen) atoms. The van der Waals surface area contributed by atoms with Gasteiger partial charge in [-0.1, -0.05) is 23.7 Å². The first-order valence-corrected chi connectivity index (χ1v) is 9.26. The van der Waals surface area contributed by atoms with Crippen LogP contribution in [0.5, 0.6) is 0 Å². The van der Waals surface area contributed by atoms with E-state index in [4.69, 9.17) is 11.6 Å². The summed E-state index contributed by atoms with van der Waals surface area (Å²) in [7, 11) is -3.41. The summed E-state index contributed by atoms with van der Waals surface area (Å²) < 4.78 is 36.1. The normalized spacial score (nSPS) is 12.5. The van der Waals surface area contributed by atoms with Crippen LogP contribution in [-0.4, -0.2) is 20.7 Å². The maximum atomic E-state index is 12.9. The first kappa shape index (κ1) is 18.2. The van der Waals surface area contributed by atoms with Crippen LogP contribution in [0.15, 0.2) is 47.4 Å². The largest absolute Gasteiger partial charge is 0.331 e. The summed E-state index contributed by atoms with van der Waals surface area (Å²) in [5, 5.41) is 5.40. The van der Waals surface area contributed by atoms with Crippen LogP contribution in [-0.2, 0) is 9.84 Å². The number of carbonyl (C=O) groups is 1. The zero-order valence-corrected chi connectivity index (χ0v) is 14.6. The second-order valence-electron chi connectivity index (χ2n) is 5.29. The Morgan fingerprint density at radius 1 is 1.17 bits per heavy atom. The zero-order chi connectivity index (χ0) is 17.9. The van der Waals surface area contributed by atoms with E-state index in [1.165, 1.54) is 30.3 Å². The number of benzene rings is 2. The molecule has 2 aromatic rings. The second-order valence-corrected chi connectivity index (χ2v) is 7.71. The van der Waals surface area contributed by atoms with Crippen molar-refractivity contribution >= 4 is 33.2 Å². The summed E-state index contributed by atoms with van der Waals surface area (Å²) in [6.07, 6.45) is 1.07. The van der Waals surface area contributed by atoms with Crippen molar-refractivity contribution in [1.29, 1.82) is 0 Å². The number of halogens is 2. The van der Waals surface area contributed by atoms with Gasteiger partial charge < -0.3 is 10.6 Å². The van der Waals surface area contributed by atoms with Crippen LogP contribution >= 0.6 is 11.6 Å². The summed E-state index contributed by atoms with van der Waals surface area (Å²) in [5.74, 6) is -0.361. The molecule has 2 aromatic carbocycles. The molecule has 0 saturated carbocycles. The fourth-order valence-corrected chi connectivity index (χ4v) is 2.83. The molecule has 0 spiro atoms. The predicted molar refractivity (Wildman–Crippen MR) is 91.5 cm³/mol. The first-order valence-electron chi connectivity index (χ1n) is 6.99. The summed E-state index contributed by atoms with van der Waals surface area (Å²) in [6, 6.07) is 8.87. The highest BCUT2D eigenvalue weighted by atomic mass is 35.5. The average molecular weight is 371 g/mol. The van der Waals surface area contributed by atoms with Gasteiger partial charge in [-0.15, -0.1) is 0 Å². The summed E-state index contributed by atoms with van der Waals surface area (Å²) in [5.41, 5.74) is 0.908. The SMILES string of the molecule is C[C@@H](NC(=O)Nc1cc(S(C)(=O)=O)ccc1Cl)c1ccc(F)cc1. The van der Waals surface area contributed by atoms with E-state index < -0.39 is 15.9 Å². The van der Waals surface area contributed by atoms with Gasteiger partial charge in [0.1, 0.15) is 5.82 Å². The van der Waals surface area contributed by atoms with E-state index in [1.54, 1.807) is 19.1 Å². The van der Waals surface area contributed by atoms with Gasteiger partial charge in [-0.3, -0.25) is 0 Å². The van der Waals surface area contributed by atoms with E-state index in [0.29, 0.717) is 0 Å². The van der Waals surface area contributed by atoms with Crippen molar-refractivity contribution in [2.45, 2.75) is 17.9 Å². The van der Waals surface area contributed by atoms with Crippen molar-refractivity contribution in [2.24, 2.45) is 0 Å². The monoisotopic (exact) mass is 370 g/mol. The molecule has 2 rings (SSSR count). The third kappa shape index (κ3) is 4.69. The van der Waals surface area contributed by atoms with Crippen LogP contribution in [0.25, 0.3) is 0 Å². The molecule has 0 aliphatic carbocycles.